The summed E-state index contributed by atoms with van der Waals surface area (Å²) in [5, 5.41) is 9.27. The van der Waals surface area contributed by atoms with Gasteiger partial charge in [-0.2, -0.15) is 0 Å². The minimum atomic E-state index is -0.0698. The van der Waals surface area contributed by atoms with E-state index < -0.39 is 0 Å². The maximum Gasteiger partial charge on any atom is 0.251 e. The van der Waals surface area contributed by atoms with Gasteiger partial charge in [0.15, 0.2) is 5.96 Å². The minimum absolute atomic E-state index is 0.0698. The Morgan fingerprint density at radius 1 is 0.870 bits per heavy atom. The number of carbonyl (C=O) groups excluding carboxylic acids is 1. The number of benzene rings is 2. The van der Waals surface area contributed by atoms with E-state index >= 15 is 0 Å². The summed E-state index contributed by atoms with van der Waals surface area (Å²) in [5.41, 5.74) is 1.85. The zero-order chi connectivity index (χ0) is 16.3. The molecule has 2 rings (SSSR count). The third-order valence-corrected chi connectivity index (χ3v) is 3.27. The third-order valence-electron chi connectivity index (χ3n) is 3.27. The van der Waals surface area contributed by atoms with E-state index in [1.807, 2.05) is 36.4 Å². The van der Waals surface area contributed by atoms with Crippen molar-refractivity contribution in [2.24, 2.45) is 4.99 Å². The summed E-state index contributed by atoms with van der Waals surface area (Å²) in [6.45, 7) is 1.84. The van der Waals surface area contributed by atoms with Gasteiger partial charge in [0.2, 0.25) is 0 Å². The molecule has 0 aliphatic rings. The molecule has 23 heavy (non-hydrogen) atoms. The van der Waals surface area contributed by atoms with Gasteiger partial charge < -0.3 is 16.0 Å². The number of hydrogen-bond acceptors (Lipinski definition) is 2. The van der Waals surface area contributed by atoms with Crippen LogP contribution in [0.5, 0.6) is 0 Å². The standard InChI is InChI=1S/C18H22N4O/c1-19-18(22-14-15-8-4-2-5-9-15)21-13-12-20-17(23)16-10-6-3-7-11-16/h2-11H,12-14H2,1H3,(H,20,23)(H2,19,21,22). The van der Waals surface area contributed by atoms with Crippen LogP contribution in [-0.4, -0.2) is 32.0 Å². The highest BCUT2D eigenvalue weighted by Crippen LogP contribution is 1.97. The van der Waals surface area contributed by atoms with Gasteiger partial charge in [-0.3, -0.25) is 9.79 Å². The maximum absolute atomic E-state index is 11.9. The van der Waals surface area contributed by atoms with E-state index in [0.29, 0.717) is 31.2 Å². The third kappa shape index (κ3) is 5.82. The van der Waals surface area contributed by atoms with E-state index in [0.717, 1.165) is 0 Å². The monoisotopic (exact) mass is 310 g/mol. The Morgan fingerprint density at radius 2 is 1.48 bits per heavy atom. The molecule has 0 spiro atoms. The molecular formula is C18H22N4O. The van der Waals surface area contributed by atoms with Crippen molar-refractivity contribution in [1.29, 1.82) is 0 Å². The van der Waals surface area contributed by atoms with Gasteiger partial charge in [0.05, 0.1) is 0 Å². The molecule has 0 saturated carbocycles. The zero-order valence-corrected chi connectivity index (χ0v) is 13.3. The number of nitrogens with zero attached hydrogens (tertiary/aromatic N) is 1. The molecule has 0 radical (unpaired) electrons. The van der Waals surface area contributed by atoms with Crippen LogP contribution in [0.4, 0.5) is 0 Å². The number of amides is 1. The Kier molecular flexibility index (Phi) is 6.65. The Labute approximate surface area is 136 Å². The fourth-order valence-electron chi connectivity index (χ4n) is 2.05. The van der Waals surface area contributed by atoms with E-state index in [4.69, 9.17) is 0 Å². The molecule has 2 aromatic rings. The second kappa shape index (κ2) is 9.25. The molecule has 2 aromatic carbocycles. The first kappa shape index (κ1) is 16.5. The van der Waals surface area contributed by atoms with Crippen LogP contribution in [0.2, 0.25) is 0 Å². The lowest BCUT2D eigenvalue weighted by Gasteiger charge is -2.12. The summed E-state index contributed by atoms with van der Waals surface area (Å²) < 4.78 is 0. The van der Waals surface area contributed by atoms with Gasteiger partial charge in [0.1, 0.15) is 0 Å². The lowest BCUT2D eigenvalue weighted by molar-refractivity contribution is 0.0954. The largest absolute Gasteiger partial charge is 0.355 e. The van der Waals surface area contributed by atoms with E-state index in [1.54, 1.807) is 19.2 Å². The van der Waals surface area contributed by atoms with Crippen molar-refractivity contribution in [3.63, 3.8) is 0 Å². The molecule has 0 aromatic heterocycles. The molecule has 0 saturated heterocycles. The van der Waals surface area contributed by atoms with Gasteiger partial charge in [0.25, 0.3) is 5.91 Å². The molecule has 0 atom stereocenters. The van der Waals surface area contributed by atoms with E-state index in [1.165, 1.54) is 5.56 Å². The summed E-state index contributed by atoms with van der Waals surface area (Å²) in [5.74, 6) is 0.641. The average molecular weight is 310 g/mol. The first-order valence-electron chi connectivity index (χ1n) is 7.61. The Morgan fingerprint density at radius 3 is 2.13 bits per heavy atom. The molecule has 1 amide bonds. The number of rotatable bonds is 6. The molecule has 0 unspecified atom stereocenters. The number of aliphatic imine (C=N–C) groups is 1. The second-order valence-corrected chi connectivity index (χ2v) is 4.96. The van der Waals surface area contributed by atoms with Crippen LogP contribution in [0.25, 0.3) is 0 Å². The van der Waals surface area contributed by atoms with Crippen molar-refractivity contribution in [3.05, 3.63) is 71.8 Å². The molecule has 5 heteroatoms. The normalized spacial score (nSPS) is 10.9. The van der Waals surface area contributed by atoms with Crippen LogP contribution in [0.3, 0.4) is 0 Å². The summed E-state index contributed by atoms with van der Waals surface area (Å²) in [6, 6.07) is 19.3. The van der Waals surface area contributed by atoms with Crippen LogP contribution < -0.4 is 16.0 Å². The molecule has 0 aliphatic heterocycles. The Hall–Kier alpha value is -2.82. The lowest BCUT2D eigenvalue weighted by Crippen LogP contribution is -2.41. The van der Waals surface area contributed by atoms with Crippen LogP contribution in [0.1, 0.15) is 15.9 Å². The van der Waals surface area contributed by atoms with Crippen molar-refractivity contribution in [2.75, 3.05) is 20.1 Å². The first-order chi connectivity index (χ1) is 11.3. The van der Waals surface area contributed by atoms with Crippen molar-refractivity contribution >= 4 is 11.9 Å². The van der Waals surface area contributed by atoms with E-state index in [2.05, 4.69) is 33.1 Å². The highest BCUT2D eigenvalue weighted by Gasteiger charge is 2.03. The number of carbonyl (C=O) groups is 1. The zero-order valence-electron chi connectivity index (χ0n) is 13.3. The van der Waals surface area contributed by atoms with Crippen LogP contribution in [-0.2, 0) is 6.54 Å². The van der Waals surface area contributed by atoms with Crippen LogP contribution in [0.15, 0.2) is 65.7 Å². The van der Waals surface area contributed by atoms with Gasteiger partial charge in [-0.25, -0.2) is 0 Å². The maximum atomic E-state index is 11.9. The highest BCUT2D eigenvalue weighted by atomic mass is 16.1. The molecule has 0 heterocycles. The summed E-state index contributed by atoms with van der Waals surface area (Å²) in [4.78, 5) is 16.0. The van der Waals surface area contributed by atoms with Crippen molar-refractivity contribution in [3.8, 4) is 0 Å². The fraction of sp³-hybridized carbons (Fsp3) is 0.222. The SMILES string of the molecule is CN=C(NCCNC(=O)c1ccccc1)NCc1ccccc1. The molecule has 0 fully saturated rings. The predicted molar refractivity (Wildman–Crippen MR) is 93.4 cm³/mol. The van der Waals surface area contributed by atoms with Crippen LogP contribution >= 0.6 is 0 Å². The van der Waals surface area contributed by atoms with Crippen molar-refractivity contribution in [2.45, 2.75) is 6.54 Å². The van der Waals surface area contributed by atoms with Crippen LogP contribution in [0, 0.1) is 0 Å². The van der Waals surface area contributed by atoms with E-state index in [-0.39, 0.29) is 5.91 Å². The fourth-order valence-corrected chi connectivity index (χ4v) is 2.05. The Balaban J connectivity index is 1.67. The lowest BCUT2D eigenvalue weighted by atomic mass is 10.2. The highest BCUT2D eigenvalue weighted by molar-refractivity contribution is 5.94. The molecule has 0 bridgehead atoms. The summed E-state index contributed by atoms with van der Waals surface area (Å²) in [6.07, 6.45) is 0. The summed E-state index contributed by atoms with van der Waals surface area (Å²) in [7, 11) is 1.73. The quantitative estimate of drug-likeness (QED) is 0.433. The molecule has 5 nitrogen and oxygen atoms in total. The smallest absolute Gasteiger partial charge is 0.251 e. The number of hydrogen-bond donors (Lipinski definition) is 3. The van der Waals surface area contributed by atoms with Crippen molar-refractivity contribution in [1.82, 2.24) is 16.0 Å². The number of nitrogens with one attached hydrogen (secondary N) is 3. The summed E-state index contributed by atoms with van der Waals surface area (Å²) >= 11 is 0. The molecular weight excluding hydrogens is 288 g/mol. The minimum Gasteiger partial charge on any atom is -0.355 e. The van der Waals surface area contributed by atoms with Gasteiger partial charge in [-0.1, -0.05) is 48.5 Å². The number of guanidine groups is 1. The van der Waals surface area contributed by atoms with Gasteiger partial charge in [-0.15, -0.1) is 0 Å². The van der Waals surface area contributed by atoms with Gasteiger partial charge >= 0.3 is 0 Å². The van der Waals surface area contributed by atoms with Gasteiger partial charge in [0, 0.05) is 32.2 Å². The topological polar surface area (TPSA) is 65.5 Å². The van der Waals surface area contributed by atoms with E-state index in [9.17, 15) is 4.79 Å². The predicted octanol–water partition coefficient (Wildman–Crippen LogP) is 1.78. The first-order valence-corrected chi connectivity index (χ1v) is 7.61. The van der Waals surface area contributed by atoms with Crippen molar-refractivity contribution < 1.29 is 4.79 Å². The molecule has 0 aliphatic carbocycles. The average Bonchev–Trinajstić information content (AvgIpc) is 2.62. The molecule has 3 N–H and O–H groups in total. The molecule has 120 valence electrons. The van der Waals surface area contributed by atoms with Gasteiger partial charge in [-0.05, 0) is 17.7 Å². The Bertz CT molecular complexity index is 626. The second-order valence-electron chi connectivity index (χ2n) is 4.96.